The molecule has 2 N–H and O–H groups in total. The molecule has 5 nitrogen and oxygen atoms in total. The fourth-order valence-corrected chi connectivity index (χ4v) is 2.38. The van der Waals surface area contributed by atoms with E-state index in [1.807, 2.05) is 30.3 Å². The first-order valence-electron chi connectivity index (χ1n) is 6.74. The second-order valence-electron chi connectivity index (χ2n) is 4.81. The number of hydrogen-bond donors (Lipinski definition) is 2. The largest absolute Gasteiger partial charge is 0.306 e. The average molecular weight is 268 g/mol. The highest BCUT2D eigenvalue weighted by Gasteiger charge is 2.21. The van der Waals surface area contributed by atoms with Gasteiger partial charge < -0.3 is 5.32 Å². The van der Waals surface area contributed by atoms with Crippen molar-refractivity contribution in [1.29, 1.82) is 0 Å². The SMILES string of the molecule is O=C(N/N=C\c1cccc2cccnc12)[C@@H]1CCCN1. The van der Waals surface area contributed by atoms with E-state index in [-0.39, 0.29) is 11.9 Å². The van der Waals surface area contributed by atoms with Gasteiger partial charge in [0.1, 0.15) is 0 Å². The molecule has 1 aromatic carbocycles. The van der Waals surface area contributed by atoms with E-state index in [1.54, 1.807) is 12.4 Å². The summed E-state index contributed by atoms with van der Waals surface area (Å²) < 4.78 is 0. The molecule has 2 heterocycles. The quantitative estimate of drug-likeness (QED) is 0.654. The lowest BCUT2D eigenvalue weighted by atomic mass is 10.1. The van der Waals surface area contributed by atoms with Crippen molar-refractivity contribution in [2.45, 2.75) is 18.9 Å². The number of carbonyl (C=O) groups is 1. The van der Waals surface area contributed by atoms with Crippen LogP contribution in [0.15, 0.2) is 41.6 Å². The van der Waals surface area contributed by atoms with Crippen molar-refractivity contribution in [1.82, 2.24) is 15.7 Å². The van der Waals surface area contributed by atoms with Crippen molar-refractivity contribution < 1.29 is 4.79 Å². The van der Waals surface area contributed by atoms with Gasteiger partial charge in [0, 0.05) is 17.1 Å². The van der Waals surface area contributed by atoms with Crippen LogP contribution in [0.4, 0.5) is 0 Å². The third kappa shape index (κ3) is 2.67. The molecule has 0 aliphatic carbocycles. The zero-order chi connectivity index (χ0) is 13.8. The summed E-state index contributed by atoms with van der Waals surface area (Å²) in [6, 6.07) is 9.67. The Kier molecular flexibility index (Phi) is 3.69. The zero-order valence-corrected chi connectivity index (χ0v) is 11.0. The van der Waals surface area contributed by atoms with E-state index in [2.05, 4.69) is 20.8 Å². The van der Waals surface area contributed by atoms with E-state index in [0.717, 1.165) is 35.9 Å². The normalized spacial score (nSPS) is 18.7. The maximum absolute atomic E-state index is 11.8. The number of hydrogen-bond acceptors (Lipinski definition) is 4. The van der Waals surface area contributed by atoms with Crippen LogP contribution in [-0.2, 0) is 4.79 Å². The van der Waals surface area contributed by atoms with Gasteiger partial charge in [0.05, 0.1) is 17.8 Å². The van der Waals surface area contributed by atoms with Gasteiger partial charge in [-0.2, -0.15) is 5.10 Å². The van der Waals surface area contributed by atoms with Gasteiger partial charge in [-0.1, -0.05) is 24.3 Å². The Morgan fingerprint density at radius 2 is 2.30 bits per heavy atom. The van der Waals surface area contributed by atoms with Gasteiger partial charge in [0.25, 0.3) is 5.91 Å². The summed E-state index contributed by atoms with van der Waals surface area (Å²) >= 11 is 0. The molecule has 3 rings (SSSR count). The second kappa shape index (κ2) is 5.79. The molecule has 1 amide bonds. The Bertz CT molecular complexity index is 642. The van der Waals surface area contributed by atoms with Gasteiger partial charge in [-0.25, -0.2) is 5.43 Å². The van der Waals surface area contributed by atoms with Crippen molar-refractivity contribution >= 4 is 23.0 Å². The van der Waals surface area contributed by atoms with Crippen LogP contribution in [-0.4, -0.2) is 29.7 Å². The van der Waals surface area contributed by atoms with Gasteiger partial charge in [-0.3, -0.25) is 9.78 Å². The number of nitrogens with zero attached hydrogens (tertiary/aromatic N) is 2. The molecular formula is C15H16N4O. The second-order valence-corrected chi connectivity index (χ2v) is 4.81. The molecule has 1 atom stereocenters. The molecule has 1 aliphatic rings. The molecule has 2 aromatic rings. The number of hydrazone groups is 1. The summed E-state index contributed by atoms with van der Waals surface area (Å²) in [4.78, 5) is 16.1. The highest BCUT2D eigenvalue weighted by Crippen LogP contribution is 2.13. The number of nitrogens with one attached hydrogen (secondary N) is 2. The monoisotopic (exact) mass is 268 g/mol. The topological polar surface area (TPSA) is 66.4 Å². The first-order chi connectivity index (χ1) is 9.84. The summed E-state index contributed by atoms with van der Waals surface area (Å²) in [5.74, 6) is -0.0769. The number of para-hydroxylation sites is 1. The van der Waals surface area contributed by atoms with Crippen LogP contribution in [0.3, 0.4) is 0 Å². The minimum absolute atomic E-state index is 0.0769. The first kappa shape index (κ1) is 12.7. The number of pyridine rings is 1. The summed E-state index contributed by atoms with van der Waals surface area (Å²) in [5.41, 5.74) is 4.35. The number of fused-ring (bicyclic) bond motifs is 1. The Balaban J connectivity index is 1.72. The molecule has 1 aromatic heterocycles. The van der Waals surface area contributed by atoms with Crippen molar-refractivity contribution in [3.8, 4) is 0 Å². The lowest BCUT2D eigenvalue weighted by molar-refractivity contribution is -0.122. The molecular weight excluding hydrogens is 252 g/mol. The number of carbonyl (C=O) groups excluding carboxylic acids is 1. The van der Waals surface area contributed by atoms with Gasteiger partial charge in [0.15, 0.2) is 0 Å². The number of benzene rings is 1. The Morgan fingerprint density at radius 3 is 3.15 bits per heavy atom. The van der Waals surface area contributed by atoms with E-state index in [0.29, 0.717) is 0 Å². The minimum Gasteiger partial charge on any atom is -0.306 e. The summed E-state index contributed by atoms with van der Waals surface area (Å²) in [7, 11) is 0. The van der Waals surface area contributed by atoms with E-state index in [9.17, 15) is 4.79 Å². The maximum atomic E-state index is 11.8. The summed E-state index contributed by atoms with van der Waals surface area (Å²) in [5, 5.41) is 8.22. The van der Waals surface area contributed by atoms with Gasteiger partial charge >= 0.3 is 0 Å². The van der Waals surface area contributed by atoms with Crippen LogP contribution in [0.1, 0.15) is 18.4 Å². The fraction of sp³-hybridized carbons (Fsp3) is 0.267. The van der Waals surface area contributed by atoms with Crippen LogP contribution in [0.5, 0.6) is 0 Å². The van der Waals surface area contributed by atoms with Crippen molar-refractivity contribution in [3.63, 3.8) is 0 Å². The lowest BCUT2D eigenvalue weighted by Gasteiger charge is -2.07. The molecule has 20 heavy (non-hydrogen) atoms. The maximum Gasteiger partial charge on any atom is 0.257 e. The molecule has 1 saturated heterocycles. The van der Waals surface area contributed by atoms with E-state index in [1.165, 1.54) is 0 Å². The van der Waals surface area contributed by atoms with E-state index in [4.69, 9.17) is 0 Å². The molecule has 0 bridgehead atoms. The molecule has 0 unspecified atom stereocenters. The molecule has 0 saturated carbocycles. The van der Waals surface area contributed by atoms with Crippen molar-refractivity contribution in [3.05, 3.63) is 42.1 Å². The first-order valence-corrected chi connectivity index (χ1v) is 6.74. The number of aromatic nitrogens is 1. The number of amides is 1. The van der Waals surface area contributed by atoms with Crippen LogP contribution in [0.25, 0.3) is 10.9 Å². The summed E-state index contributed by atoms with van der Waals surface area (Å²) in [6.45, 7) is 0.898. The lowest BCUT2D eigenvalue weighted by Crippen LogP contribution is -2.38. The van der Waals surface area contributed by atoms with Crippen LogP contribution in [0.2, 0.25) is 0 Å². The predicted molar refractivity (Wildman–Crippen MR) is 78.5 cm³/mol. The highest BCUT2D eigenvalue weighted by atomic mass is 16.2. The minimum atomic E-state index is -0.113. The van der Waals surface area contributed by atoms with Crippen molar-refractivity contribution in [2.24, 2.45) is 5.10 Å². The standard InChI is InChI=1S/C15H16N4O/c20-15(13-7-3-8-16-13)19-18-10-12-5-1-4-11-6-2-9-17-14(11)12/h1-2,4-6,9-10,13,16H,3,7-8H2,(H,19,20)/b18-10-/t13-/m0/s1. The smallest absolute Gasteiger partial charge is 0.257 e. The Labute approximate surface area is 117 Å². The average Bonchev–Trinajstić information content (AvgIpc) is 3.02. The molecule has 5 heteroatoms. The number of rotatable bonds is 3. The third-order valence-corrected chi connectivity index (χ3v) is 3.42. The van der Waals surface area contributed by atoms with E-state index >= 15 is 0 Å². The fourth-order valence-electron chi connectivity index (χ4n) is 2.38. The van der Waals surface area contributed by atoms with Crippen LogP contribution < -0.4 is 10.7 Å². The Hall–Kier alpha value is -2.27. The summed E-state index contributed by atoms with van der Waals surface area (Å²) in [6.07, 6.45) is 5.30. The van der Waals surface area contributed by atoms with E-state index < -0.39 is 0 Å². The highest BCUT2D eigenvalue weighted by molar-refractivity contribution is 5.97. The van der Waals surface area contributed by atoms with Gasteiger partial charge in [-0.05, 0) is 25.5 Å². The molecule has 102 valence electrons. The molecule has 1 fully saturated rings. The molecule has 0 radical (unpaired) electrons. The molecule has 1 aliphatic heterocycles. The molecule has 0 spiro atoms. The van der Waals surface area contributed by atoms with Gasteiger partial charge in [0.2, 0.25) is 0 Å². The van der Waals surface area contributed by atoms with Gasteiger partial charge in [-0.15, -0.1) is 0 Å². The Morgan fingerprint density at radius 1 is 1.40 bits per heavy atom. The third-order valence-electron chi connectivity index (χ3n) is 3.42. The van der Waals surface area contributed by atoms with Crippen molar-refractivity contribution in [2.75, 3.05) is 6.54 Å². The zero-order valence-electron chi connectivity index (χ0n) is 11.0. The van der Waals surface area contributed by atoms with Crippen LogP contribution >= 0.6 is 0 Å². The van der Waals surface area contributed by atoms with Crippen LogP contribution in [0, 0.1) is 0 Å². The predicted octanol–water partition coefficient (Wildman–Crippen LogP) is 1.44.